The standard InChI is InChI=1S/C15H12F2N2O/c16-13-6-10(8-18)7-14(17)15(13)19(11-3-4-11)9-12-2-1-5-20-12/h1-2,5-7,11H,3-4,9H2. The van der Waals surface area contributed by atoms with Crippen LogP contribution in [0.3, 0.4) is 0 Å². The van der Waals surface area contributed by atoms with Gasteiger partial charge >= 0.3 is 0 Å². The number of benzene rings is 1. The van der Waals surface area contributed by atoms with E-state index in [9.17, 15) is 8.78 Å². The molecule has 1 fully saturated rings. The second kappa shape index (κ2) is 4.97. The van der Waals surface area contributed by atoms with E-state index in [0.717, 1.165) is 25.0 Å². The minimum absolute atomic E-state index is 0.0162. The molecule has 0 spiro atoms. The second-order valence-electron chi connectivity index (χ2n) is 4.84. The first kappa shape index (κ1) is 12.7. The van der Waals surface area contributed by atoms with Crippen LogP contribution in [-0.4, -0.2) is 6.04 Å². The van der Waals surface area contributed by atoms with Crippen molar-refractivity contribution in [3.63, 3.8) is 0 Å². The van der Waals surface area contributed by atoms with Crippen LogP contribution in [0.25, 0.3) is 0 Å². The molecule has 1 aromatic heterocycles. The fourth-order valence-electron chi connectivity index (χ4n) is 2.25. The predicted octanol–water partition coefficient (Wildman–Crippen LogP) is 3.60. The summed E-state index contributed by atoms with van der Waals surface area (Å²) in [6.45, 7) is 0.317. The molecule has 20 heavy (non-hydrogen) atoms. The Hall–Kier alpha value is -2.35. The topological polar surface area (TPSA) is 40.2 Å². The molecule has 0 unspecified atom stereocenters. The first-order chi connectivity index (χ1) is 9.69. The lowest BCUT2D eigenvalue weighted by atomic mass is 10.1. The van der Waals surface area contributed by atoms with Crippen molar-refractivity contribution in [3.05, 3.63) is 53.5 Å². The fraction of sp³-hybridized carbons (Fsp3) is 0.267. The van der Waals surface area contributed by atoms with E-state index < -0.39 is 11.6 Å². The van der Waals surface area contributed by atoms with Crippen LogP contribution >= 0.6 is 0 Å². The van der Waals surface area contributed by atoms with E-state index in [1.54, 1.807) is 23.1 Å². The van der Waals surface area contributed by atoms with Gasteiger partial charge in [0.15, 0.2) is 11.6 Å². The molecule has 0 N–H and O–H groups in total. The maximum absolute atomic E-state index is 14.1. The molecular formula is C15H12F2N2O. The smallest absolute Gasteiger partial charge is 0.150 e. The molecular weight excluding hydrogens is 262 g/mol. The van der Waals surface area contributed by atoms with Gasteiger partial charge in [-0.05, 0) is 37.1 Å². The van der Waals surface area contributed by atoms with E-state index in [1.807, 2.05) is 0 Å². The quantitative estimate of drug-likeness (QED) is 0.855. The lowest BCUT2D eigenvalue weighted by Gasteiger charge is -2.24. The van der Waals surface area contributed by atoms with Crippen molar-refractivity contribution in [1.82, 2.24) is 0 Å². The van der Waals surface area contributed by atoms with Crippen molar-refractivity contribution in [1.29, 1.82) is 5.26 Å². The Balaban J connectivity index is 1.98. The molecule has 0 amide bonds. The number of hydrogen-bond donors (Lipinski definition) is 0. The van der Waals surface area contributed by atoms with Crippen molar-refractivity contribution in [2.45, 2.75) is 25.4 Å². The van der Waals surface area contributed by atoms with Gasteiger partial charge in [-0.2, -0.15) is 5.26 Å². The molecule has 0 atom stereocenters. The number of halogens is 2. The van der Waals surface area contributed by atoms with E-state index >= 15 is 0 Å². The summed E-state index contributed by atoms with van der Waals surface area (Å²) < 4.78 is 33.5. The van der Waals surface area contributed by atoms with Crippen molar-refractivity contribution in [2.24, 2.45) is 0 Å². The van der Waals surface area contributed by atoms with Gasteiger partial charge in [0.1, 0.15) is 11.4 Å². The summed E-state index contributed by atoms with van der Waals surface area (Å²) >= 11 is 0. The van der Waals surface area contributed by atoms with Crippen LogP contribution in [0.5, 0.6) is 0 Å². The molecule has 3 rings (SSSR count). The van der Waals surface area contributed by atoms with Crippen LogP contribution in [0.15, 0.2) is 34.9 Å². The molecule has 0 saturated heterocycles. The summed E-state index contributed by atoms with van der Waals surface area (Å²) in [6, 6.07) is 7.52. The van der Waals surface area contributed by atoms with Crippen LogP contribution in [0, 0.1) is 23.0 Å². The predicted molar refractivity (Wildman–Crippen MR) is 69.0 cm³/mol. The maximum atomic E-state index is 14.1. The Kier molecular flexibility index (Phi) is 3.15. The molecule has 1 saturated carbocycles. The third kappa shape index (κ3) is 2.37. The van der Waals surface area contributed by atoms with Gasteiger partial charge in [-0.3, -0.25) is 0 Å². The number of rotatable bonds is 4. The van der Waals surface area contributed by atoms with Gasteiger partial charge in [-0.15, -0.1) is 0 Å². The minimum Gasteiger partial charge on any atom is -0.467 e. The third-order valence-electron chi connectivity index (χ3n) is 3.33. The van der Waals surface area contributed by atoms with Gasteiger partial charge in [0, 0.05) is 6.04 Å². The molecule has 1 aliphatic rings. The number of nitriles is 1. The van der Waals surface area contributed by atoms with Crippen molar-refractivity contribution in [3.8, 4) is 6.07 Å². The van der Waals surface area contributed by atoms with Crippen molar-refractivity contribution >= 4 is 5.69 Å². The Labute approximate surface area is 115 Å². The highest BCUT2D eigenvalue weighted by atomic mass is 19.1. The molecule has 1 aliphatic carbocycles. The van der Waals surface area contributed by atoms with E-state index in [4.69, 9.17) is 9.68 Å². The monoisotopic (exact) mass is 274 g/mol. The van der Waals surface area contributed by atoms with Crippen LogP contribution < -0.4 is 4.90 Å². The molecule has 3 nitrogen and oxygen atoms in total. The summed E-state index contributed by atoms with van der Waals surface area (Å²) in [5.41, 5.74) is -0.0969. The summed E-state index contributed by atoms with van der Waals surface area (Å²) in [7, 11) is 0. The molecule has 0 radical (unpaired) electrons. The minimum atomic E-state index is -0.708. The van der Waals surface area contributed by atoms with Crippen LogP contribution in [0.2, 0.25) is 0 Å². The largest absolute Gasteiger partial charge is 0.467 e. The Bertz CT molecular complexity index is 634. The highest BCUT2D eigenvalue weighted by molar-refractivity contribution is 5.54. The maximum Gasteiger partial charge on any atom is 0.150 e. The number of anilines is 1. The van der Waals surface area contributed by atoms with Gasteiger partial charge in [0.25, 0.3) is 0 Å². The first-order valence-corrected chi connectivity index (χ1v) is 6.37. The summed E-state index contributed by atoms with van der Waals surface area (Å²) in [4.78, 5) is 1.67. The average Bonchev–Trinajstić information content (AvgIpc) is 3.14. The van der Waals surface area contributed by atoms with E-state index in [-0.39, 0.29) is 17.3 Å². The van der Waals surface area contributed by atoms with Crippen LogP contribution in [-0.2, 0) is 6.54 Å². The zero-order chi connectivity index (χ0) is 14.1. The van der Waals surface area contributed by atoms with Crippen molar-refractivity contribution < 1.29 is 13.2 Å². The molecule has 0 aliphatic heterocycles. The van der Waals surface area contributed by atoms with E-state index in [2.05, 4.69) is 0 Å². The summed E-state index contributed by atoms with van der Waals surface area (Å²) in [6.07, 6.45) is 3.34. The first-order valence-electron chi connectivity index (χ1n) is 6.37. The lowest BCUT2D eigenvalue weighted by molar-refractivity contribution is 0.493. The number of furan rings is 1. The average molecular weight is 274 g/mol. The zero-order valence-electron chi connectivity index (χ0n) is 10.6. The Morgan fingerprint density at radius 3 is 2.50 bits per heavy atom. The molecule has 0 bridgehead atoms. The molecule has 102 valence electrons. The van der Waals surface area contributed by atoms with Gasteiger partial charge in [-0.25, -0.2) is 8.78 Å². The fourth-order valence-corrected chi connectivity index (χ4v) is 2.25. The van der Waals surface area contributed by atoms with Crippen LogP contribution in [0.1, 0.15) is 24.2 Å². The second-order valence-corrected chi connectivity index (χ2v) is 4.84. The SMILES string of the molecule is N#Cc1cc(F)c(N(Cc2ccco2)C2CC2)c(F)c1. The number of nitrogens with zero attached hydrogens (tertiary/aromatic N) is 2. The Morgan fingerprint density at radius 1 is 1.30 bits per heavy atom. The molecule has 5 heteroatoms. The highest BCUT2D eigenvalue weighted by Gasteiger charge is 2.33. The van der Waals surface area contributed by atoms with Crippen LogP contribution in [0.4, 0.5) is 14.5 Å². The van der Waals surface area contributed by atoms with Crippen molar-refractivity contribution in [2.75, 3.05) is 4.90 Å². The number of hydrogen-bond acceptors (Lipinski definition) is 3. The van der Waals surface area contributed by atoms with E-state index in [0.29, 0.717) is 12.3 Å². The molecule has 1 aromatic carbocycles. The lowest BCUT2D eigenvalue weighted by Crippen LogP contribution is -2.27. The van der Waals surface area contributed by atoms with Gasteiger partial charge < -0.3 is 9.32 Å². The summed E-state index contributed by atoms with van der Waals surface area (Å²) in [5.74, 6) is -0.764. The molecule has 1 heterocycles. The zero-order valence-corrected chi connectivity index (χ0v) is 10.6. The molecule has 2 aromatic rings. The van der Waals surface area contributed by atoms with E-state index in [1.165, 1.54) is 6.26 Å². The highest BCUT2D eigenvalue weighted by Crippen LogP contribution is 2.36. The Morgan fingerprint density at radius 2 is 2.00 bits per heavy atom. The van der Waals surface area contributed by atoms with Gasteiger partial charge in [0.2, 0.25) is 0 Å². The third-order valence-corrected chi connectivity index (χ3v) is 3.33. The van der Waals surface area contributed by atoms with Gasteiger partial charge in [0.05, 0.1) is 24.4 Å². The normalized spacial score (nSPS) is 14.1. The summed E-state index contributed by atoms with van der Waals surface area (Å²) in [5, 5.41) is 8.73. The van der Waals surface area contributed by atoms with Gasteiger partial charge in [-0.1, -0.05) is 0 Å².